The Labute approximate surface area is 209 Å². The number of benzene rings is 2. The van der Waals surface area contributed by atoms with Crippen LogP contribution in [0.4, 0.5) is 5.82 Å². The molecule has 2 aromatic carbocycles. The first-order valence-electron chi connectivity index (χ1n) is 12.1. The van der Waals surface area contributed by atoms with Crippen molar-refractivity contribution in [1.82, 2.24) is 19.9 Å². The van der Waals surface area contributed by atoms with Crippen LogP contribution in [0.5, 0.6) is 0 Å². The topological polar surface area (TPSA) is 53.9 Å². The van der Waals surface area contributed by atoms with Crippen molar-refractivity contribution in [3.05, 3.63) is 96.0 Å². The normalized spacial score (nSPS) is 14.9. The quantitative estimate of drug-likeness (QED) is 0.303. The number of rotatable bonds is 6. The van der Waals surface area contributed by atoms with Crippen LogP contribution in [0.15, 0.2) is 90.4 Å². The Kier molecular flexibility index (Phi) is 6.22. The van der Waals surface area contributed by atoms with Gasteiger partial charge in [-0.2, -0.15) is 0 Å². The largest absolute Gasteiger partial charge is 0.367 e. The summed E-state index contributed by atoms with van der Waals surface area (Å²) < 4.78 is 0. The van der Waals surface area contributed by atoms with Gasteiger partial charge in [0.1, 0.15) is 16.3 Å². The molecule has 0 spiro atoms. The molecule has 1 aliphatic rings. The Hall–Kier alpha value is -3.61. The van der Waals surface area contributed by atoms with Gasteiger partial charge in [0.25, 0.3) is 0 Å². The Morgan fingerprint density at radius 3 is 2.34 bits per heavy atom. The maximum atomic E-state index is 5.02. The standard InChI is InChI=1S/C29H27N5S/c1-3-9-21(10-4-1)19-34-17-14-23(15-18-34)31-28-26-24(22-11-5-2-6-12-22)20-35-29(26)33-27(32-28)25-13-7-8-16-30-25/h1-13,16,20,23H,14-15,17-19H2,(H,31,32,33). The highest BCUT2D eigenvalue weighted by atomic mass is 32.1. The lowest BCUT2D eigenvalue weighted by molar-refractivity contribution is 0.211. The Bertz CT molecular complexity index is 1400. The number of anilines is 1. The molecule has 174 valence electrons. The molecule has 1 aliphatic heterocycles. The molecule has 0 saturated carbocycles. The molecule has 6 heteroatoms. The molecule has 5 aromatic rings. The van der Waals surface area contributed by atoms with Crippen molar-refractivity contribution >= 4 is 27.4 Å². The van der Waals surface area contributed by atoms with Crippen molar-refractivity contribution in [2.24, 2.45) is 0 Å². The van der Waals surface area contributed by atoms with Crippen molar-refractivity contribution in [3.8, 4) is 22.6 Å². The first-order chi connectivity index (χ1) is 17.3. The second-order valence-electron chi connectivity index (χ2n) is 8.99. The van der Waals surface area contributed by atoms with Gasteiger partial charge in [-0.1, -0.05) is 66.7 Å². The van der Waals surface area contributed by atoms with E-state index in [1.807, 2.05) is 18.2 Å². The first-order valence-corrected chi connectivity index (χ1v) is 13.0. The molecule has 0 amide bonds. The van der Waals surface area contributed by atoms with Gasteiger partial charge in [0.15, 0.2) is 5.82 Å². The molecule has 6 rings (SSSR count). The third-order valence-corrected chi connectivity index (χ3v) is 7.46. The van der Waals surface area contributed by atoms with Crippen LogP contribution in [0.3, 0.4) is 0 Å². The third kappa shape index (κ3) is 4.81. The fourth-order valence-electron chi connectivity index (χ4n) is 4.76. The first kappa shape index (κ1) is 21.9. The van der Waals surface area contributed by atoms with E-state index >= 15 is 0 Å². The molecule has 35 heavy (non-hydrogen) atoms. The fourth-order valence-corrected chi connectivity index (χ4v) is 5.70. The summed E-state index contributed by atoms with van der Waals surface area (Å²) in [5, 5.41) is 7.12. The molecule has 0 unspecified atom stereocenters. The van der Waals surface area contributed by atoms with Crippen LogP contribution in [0.2, 0.25) is 0 Å². The second-order valence-corrected chi connectivity index (χ2v) is 9.84. The molecule has 0 aliphatic carbocycles. The van der Waals surface area contributed by atoms with Crippen LogP contribution in [0, 0.1) is 0 Å². The predicted molar refractivity (Wildman–Crippen MR) is 144 cm³/mol. The SMILES string of the molecule is c1ccc(CN2CCC(Nc3nc(-c4ccccn4)nc4scc(-c5ccccc5)c34)CC2)cc1. The number of likely N-dealkylation sites (tertiary alicyclic amines) is 1. The maximum Gasteiger partial charge on any atom is 0.181 e. The van der Waals surface area contributed by atoms with Gasteiger partial charge < -0.3 is 5.32 Å². The van der Waals surface area contributed by atoms with E-state index in [0.717, 1.165) is 54.2 Å². The van der Waals surface area contributed by atoms with E-state index in [4.69, 9.17) is 9.97 Å². The van der Waals surface area contributed by atoms with Crippen LogP contribution in [-0.4, -0.2) is 39.0 Å². The Morgan fingerprint density at radius 1 is 0.857 bits per heavy atom. The zero-order valence-corrected chi connectivity index (χ0v) is 20.3. The summed E-state index contributed by atoms with van der Waals surface area (Å²) in [6.07, 6.45) is 3.96. The van der Waals surface area contributed by atoms with Gasteiger partial charge in [0.2, 0.25) is 0 Å². The van der Waals surface area contributed by atoms with Crippen molar-refractivity contribution in [2.75, 3.05) is 18.4 Å². The summed E-state index contributed by atoms with van der Waals surface area (Å²) in [4.78, 5) is 18.0. The van der Waals surface area contributed by atoms with E-state index in [0.29, 0.717) is 11.9 Å². The van der Waals surface area contributed by atoms with Gasteiger partial charge in [0, 0.05) is 42.8 Å². The number of aromatic nitrogens is 3. The van der Waals surface area contributed by atoms with Crippen molar-refractivity contribution in [3.63, 3.8) is 0 Å². The highest BCUT2D eigenvalue weighted by molar-refractivity contribution is 7.17. The number of hydrogen-bond donors (Lipinski definition) is 1. The highest BCUT2D eigenvalue weighted by Crippen LogP contribution is 2.38. The summed E-state index contributed by atoms with van der Waals surface area (Å²) in [5.74, 6) is 1.58. The number of hydrogen-bond acceptors (Lipinski definition) is 6. The average molecular weight is 478 g/mol. The minimum absolute atomic E-state index is 0.375. The fraction of sp³-hybridized carbons (Fsp3) is 0.207. The molecular formula is C29H27N5S. The Balaban J connectivity index is 1.29. The van der Waals surface area contributed by atoms with Gasteiger partial charge >= 0.3 is 0 Å². The highest BCUT2D eigenvalue weighted by Gasteiger charge is 2.23. The molecule has 0 bridgehead atoms. The summed E-state index contributed by atoms with van der Waals surface area (Å²) in [5.41, 5.74) is 4.54. The third-order valence-electron chi connectivity index (χ3n) is 6.59. The molecular weight excluding hydrogens is 450 g/mol. The van der Waals surface area contributed by atoms with E-state index in [9.17, 15) is 0 Å². The van der Waals surface area contributed by atoms with E-state index in [2.05, 4.69) is 81.2 Å². The number of nitrogens with zero attached hydrogens (tertiary/aromatic N) is 4. The van der Waals surface area contributed by atoms with Crippen molar-refractivity contribution in [2.45, 2.75) is 25.4 Å². The van der Waals surface area contributed by atoms with Crippen LogP contribution < -0.4 is 5.32 Å². The number of pyridine rings is 1. The molecule has 1 N–H and O–H groups in total. The van der Waals surface area contributed by atoms with Gasteiger partial charge in [-0.05, 0) is 36.1 Å². The maximum absolute atomic E-state index is 5.02. The van der Waals surface area contributed by atoms with Crippen LogP contribution in [-0.2, 0) is 6.54 Å². The lowest BCUT2D eigenvalue weighted by Gasteiger charge is -2.32. The predicted octanol–water partition coefficient (Wildman–Crippen LogP) is 6.50. The molecule has 0 radical (unpaired) electrons. The van der Waals surface area contributed by atoms with E-state index in [-0.39, 0.29) is 0 Å². The van der Waals surface area contributed by atoms with Gasteiger partial charge in [-0.25, -0.2) is 9.97 Å². The lowest BCUT2D eigenvalue weighted by Crippen LogP contribution is -2.38. The molecule has 0 atom stereocenters. The van der Waals surface area contributed by atoms with E-state index in [1.54, 1.807) is 17.5 Å². The van der Waals surface area contributed by atoms with Gasteiger partial charge in [0.05, 0.1) is 5.39 Å². The number of nitrogens with one attached hydrogen (secondary N) is 1. The number of thiophene rings is 1. The minimum Gasteiger partial charge on any atom is -0.367 e. The van der Waals surface area contributed by atoms with E-state index < -0.39 is 0 Å². The van der Waals surface area contributed by atoms with E-state index in [1.165, 1.54) is 16.7 Å². The molecule has 3 aromatic heterocycles. The summed E-state index contributed by atoms with van der Waals surface area (Å²) in [7, 11) is 0. The molecule has 1 fully saturated rings. The average Bonchev–Trinajstić information content (AvgIpc) is 3.36. The van der Waals surface area contributed by atoms with Crippen molar-refractivity contribution < 1.29 is 0 Å². The summed E-state index contributed by atoms with van der Waals surface area (Å²) >= 11 is 1.67. The van der Waals surface area contributed by atoms with Crippen LogP contribution >= 0.6 is 11.3 Å². The Morgan fingerprint density at radius 2 is 1.60 bits per heavy atom. The lowest BCUT2D eigenvalue weighted by atomic mass is 10.0. The number of piperidine rings is 1. The molecule has 4 heterocycles. The zero-order chi connectivity index (χ0) is 23.5. The summed E-state index contributed by atoms with van der Waals surface area (Å²) in [6.45, 7) is 3.16. The van der Waals surface area contributed by atoms with Gasteiger partial charge in [-0.3, -0.25) is 9.88 Å². The second kappa shape index (κ2) is 9.94. The summed E-state index contributed by atoms with van der Waals surface area (Å²) in [6, 6.07) is 27.5. The van der Waals surface area contributed by atoms with Crippen molar-refractivity contribution in [1.29, 1.82) is 0 Å². The molecule has 5 nitrogen and oxygen atoms in total. The minimum atomic E-state index is 0.375. The molecule has 1 saturated heterocycles. The van der Waals surface area contributed by atoms with Crippen LogP contribution in [0.25, 0.3) is 32.9 Å². The van der Waals surface area contributed by atoms with Gasteiger partial charge in [-0.15, -0.1) is 11.3 Å². The monoisotopic (exact) mass is 477 g/mol. The number of fused-ring (bicyclic) bond motifs is 1. The van der Waals surface area contributed by atoms with Crippen LogP contribution in [0.1, 0.15) is 18.4 Å². The zero-order valence-electron chi connectivity index (χ0n) is 19.5. The smallest absolute Gasteiger partial charge is 0.181 e.